The van der Waals surface area contributed by atoms with Crippen molar-refractivity contribution in [2.45, 2.75) is 78.2 Å². The number of hydrogen-bond donors (Lipinski definition) is 3. The first kappa shape index (κ1) is 45.2. The van der Waals surface area contributed by atoms with Crippen LogP contribution in [-0.2, 0) is 17.4 Å². The molecule has 6 aromatic rings. The van der Waals surface area contributed by atoms with Gasteiger partial charge in [0.05, 0.1) is 34.5 Å². The van der Waals surface area contributed by atoms with E-state index in [2.05, 4.69) is 58.9 Å². The van der Waals surface area contributed by atoms with Crippen LogP contribution in [0, 0.1) is 22.2 Å². The molecule has 3 aromatic carbocycles. The van der Waals surface area contributed by atoms with Gasteiger partial charge in [-0.2, -0.15) is 5.26 Å². The molecule has 1 saturated carbocycles. The molecule has 0 spiro atoms. The molecule has 2 fully saturated rings. The van der Waals surface area contributed by atoms with Crippen molar-refractivity contribution in [3.63, 3.8) is 0 Å². The summed E-state index contributed by atoms with van der Waals surface area (Å²) in [6.07, 6.45) is 8.09. The Morgan fingerprint density at radius 2 is 1.69 bits per heavy atom. The molecule has 1 aliphatic heterocycles. The van der Waals surface area contributed by atoms with E-state index in [9.17, 15) is 20.0 Å². The van der Waals surface area contributed by atoms with E-state index in [4.69, 9.17) is 30.5 Å². The van der Waals surface area contributed by atoms with E-state index in [0.29, 0.717) is 82.5 Å². The van der Waals surface area contributed by atoms with Gasteiger partial charge in [-0.3, -0.25) is 9.59 Å². The van der Waals surface area contributed by atoms with Crippen LogP contribution in [-0.4, -0.2) is 75.1 Å². The summed E-state index contributed by atoms with van der Waals surface area (Å²) in [5, 5.41) is 24.4. The van der Waals surface area contributed by atoms with Crippen LogP contribution >= 0.6 is 11.6 Å². The van der Waals surface area contributed by atoms with Gasteiger partial charge in [-0.15, -0.1) is 0 Å². The minimum Gasteiger partial charge on any atom is -0.491 e. The molecule has 0 unspecified atom stereocenters. The number of H-pyrrole nitrogens is 1. The summed E-state index contributed by atoms with van der Waals surface area (Å²) in [5.74, 6) is 2.65. The number of aromatic amines is 1. The number of pyridine rings is 1. The molecule has 2 aliphatic rings. The number of nitriles is 1. The van der Waals surface area contributed by atoms with Gasteiger partial charge in [-0.05, 0) is 74.7 Å². The molecule has 3 N–H and O–H groups in total. The Balaban J connectivity index is 0.809. The number of rotatable bonds is 14. The lowest BCUT2D eigenvalue weighted by molar-refractivity contribution is -0.164. The smallest absolute Gasteiger partial charge is 0.274 e. The van der Waals surface area contributed by atoms with E-state index < -0.39 is 16.4 Å². The van der Waals surface area contributed by atoms with Crippen LogP contribution < -0.4 is 30.0 Å². The van der Waals surface area contributed by atoms with Crippen LogP contribution in [0.15, 0.2) is 96.3 Å². The molecular formula is C50H54ClN7O7. The third-order valence-electron chi connectivity index (χ3n) is 12.7. The maximum absolute atomic E-state index is 13.4. The molecular weight excluding hydrogens is 846 g/mol. The highest BCUT2D eigenvalue weighted by Crippen LogP contribution is 2.55. The Bertz CT molecular complexity index is 2800. The predicted molar refractivity (Wildman–Crippen MR) is 249 cm³/mol. The highest BCUT2D eigenvalue weighted by Gasteiger charge is 2.64. The van der Waals surface area contributed by atoms with Crippen molar-refractivity contribution in [2.75, 3.05) is 31.2 Å². The monoisotopic (exact) mass is 899 g/mol. The number of carbonyl (C=O) groups is 1. The quantitative estimate of drug-likeness (QED) is 0.0893. The van der Waals surface area contributed by atoms with Crippen molar-refractivity contribution in [1.82, 2.24) is 24.8 Å². The maximum atomic E-state index is 13.4. The first-order chi connectivity index (χ1) is 30.9. The second kappa shape index (κ2) is 17.9. The van der Waals surface area contributed by atoms with Gasteiger partial charge < -0.3 is 43.8 Å². The van der Waals surface area contributed by atoms with E-state index in [1.807, 2.05) is 48.5 Å². The molecule has 14 nitrogen and oxygen atoms in total. The summed E-state index contributed by atoms with van der Waals surface area (Å²) >= 11 is 6.25. The van der Waals surface area contributed by atoms with Crippen molar-refractivity contribution >= 4 is 34.4 Å². The third kappa shape index (κ3) is 9.27. The van der Waals surface area contributed by atoms with Crippen LogP contribution in [0.5, 0.6) is 23.0 Å². The van der Waals surface area contributed by atoms with Crippen LogP contribution in [0.3, 0.4) is 0 Å². The Hall–Kier alpha value is -6.40. The SMILES string of the molecule is Cn1cc(-c2cc(C(C)(C)O)ccc2Oc2cccc(OCCOC3CCN(c4ncc(C(=O)N[C@H]5C(C)(C)[C@H](Oc6ccc(C#N)c(Cl)c6)C5(C)C)cn4)CC3)c2)c2cc[nH]c2c1=O. The average molecular weight is 900 g/mol. The van der Waals surface area contributed by atoms with Crippen LogP contribution in [0.25, 0.3) is 22.0 Å². The molecule has 0 atom stereocenters. The lowest BCUT2D eigenvalue weighted by Crippen LogP contribution is -2.74. The second-order valence-electron chi connectivity index (χ2n) is 18.6. The second-order valence-corrected chi connectivity index (χ2v) is 19.0. The van der Waals surface area contributed by atoms with Gasteiger partial charge in [0.15, 0.2) is 0 Å². The molecule has 65 heavy (non-hydrogen) atoms. The first-order valence-electron chi connectivity index (χ1n) is 21.7. The first-order valence-corrected chi connectivity index (χ1v) is 22.1. The number of aromatic nitrogens is 4. The number of amides is 1. The Morgan fingerprint density at radius 3 is 2.38 bits per heavy atom. The van der Waals surface area contributed by atoms with Crippen LogP contribution in [0.4, 0.5) is 5.95 Å². The molecule has 15 heteroatoms. The number of aryl methyl sites for hydroxylation is 1. The highest BCUT2D eigenvalue weighted by atomic mass is 35.5. The Kier molecular flexibility index (Phi) is 12.4. The number of nitrogens with one attached hydrogen (secondary N) is 2. The fourth-order valence-corrected chi connectivity index (χ4v) is 9.67. The van der Waals surface area contributed by atoms with Crippen molar-refractivity contribution in [3.05, 3.63) is 124 Å². The highest BCUT2D eigenvalue weighted by molar-refractivity contribution is 6.31. The lowest BCUT2D eigenvalue weighted by atomic mass is 9.49. The van der Waals surface area contributed by atoms with Crippen LogP contribution in [0.2, 0.25) is 5.02 Å². The average Bonchev–Trinajstić information content (AvgIpc) is 3.78. The number of hydrogen-bond acceptors (Lipinski definition) is 11. The van der Waals surface area contributed by atoms with E-state index in [-0.39, 0.29) is 29.7 Å². The molecule has 1 amide bonds. The Morgan fingerprint density at radius 1 is 0.969 bits per heavy atom. The van der Waals surface area contributed by atoms with Gasteiger partial charge in [-0.25, -0.2) is 9.97 Å². The minimum atomic E-state index is -1.09. The zero-order chi connectivity index (χ0) is 46.3. The predicted octanol–water partition coefficient (Wildman–Crippen LogP) is 8.54. The summed E-state index contributed by atoms with van der Waals surface area (Å²) in [7, 11) is 1.71. The van der Waals surface area contributed by atoms with Crippen LogP contribution in [0.1, 0.15) is 75.9 Å². The lowest BCUT2D eigenvalue weighted by Gasteiger charge is -2.63. The molecule has 0 radical (unpaired) electrons. The summed E-state index contributed by atoms with van der Waals surface area (Å²) < 4.78 is 26.7. The number of halogens is 1. The van der Waals surface area contributed by atoms with E-state index in [0.717, 1.165) is 29.4 Å². The summed E-state index contributed by atoms with van der Waals surface area (Å²) in [6.45, 7) is 13.9. The minimum absolute atomic E-state index is 0.0553. The summed E-state index contributed by atoms with van der Waals surface area (Å²) in [6, 6.07) is 21.8. The summed E-state index contributed by atoms with van der Waals surface area (Å²) in [4.78, 5) is 40.5. The number of fused-ring (bicyclic) bond motifs is 1. The number of carbonyl (C=O) groups excluding carboxylic acids is 1. The van der Waals surface area contributed by atoms with E-state index in [1.165, 1.54) is 4.57 Å². The number of benzene rings is 3. The van der Waals surface area contributed by atoms with Gasteiger partial charge in [-0.1, -0.05) is 51.4 Å². The number of anilines is 1. The number of nitrogens with zero attached hydrogens (tertiary/aromatic N) is 5. The molecule has 1 saturated heterocycles. The fraction of sp³-hybridized carbons (Fsp3) is 0.380. The fourth-order valence-electron chi connectivity index (χ4n) is 9.46. The zero-order valence-corrected chi connectivity index (χ0v) is 38.4. The van der Waals surface area contributed by atoms with Crippen molar-refractivity contribution < 1.29 is 28.8 Å². The van der Waals surface area contributed by atoms with Gasteiger partial charge >= 0.3 is 0 Å². The standard InChI is InChI=1S/C50H54ClN7O7/c1-48(2)45(49(3,4)46(48)65-36-13-11-30(26-52)40(51)25-36)56-43(59)31-27-54-47(55-28-31)58-19-16-33(17-20-58)62-21-22-63-34-9-8-10-35(24-34)64-41-14-12-32(50(5,6)61)23-38(41)39-29-57(7)44(60)42-37(39)15-18-53-42/h8-15,18,23-25,27-29,33,45-46,53,61H,16-17,19-22H2,1-7H3,(H,56,59)/t45-,46-. The molecule has 3 aromatic heterocycles. The molecule has 8 rings (SSSR count). The van der Waals surface area contributed by atoms with Gasteiger partial charge in [0.25, 0.3) is 11.5 Å². The maximum Gasteiger partial charge on any atom is 0.274 e. The van der Waals surface area contributed by atoms with Gasteiger partial charge in [0.2, 0.25) is 5.95 Å². The van der Waals surface area contributed by atoms with E-state index >= 15 is 0 Å². The zero-order valence-electron chi connectivity index (χ0n) is 37.6. The number of ether oxygens (including phenoxy) is 4. The van der Waals surface area contributed by atoms with Crippen molar-refractivity contribution in [1.29, 1.82) is 5.26 Å². The molecule has 4 heterocycles. The van der Waals surface area contributed by atoms with Gasteiger partial charge in [0.1, 0.15) is 47.3 Å². The number of piperidine rings is 1. The van der Waals surface area contributed by atoms with Crippen molar-refractivity contribution in [2.24, 2.45) is 17.9 Å². The molecule has 338 valence electrons. The number of aliphatic hydroxyl groups is 1. The third-order valence-corrected chi connectivity index (χ3v) is 13.0. The molecule has 1 aliphatic carbocycles. The normalized spacial score (nSPS) is 18.1. The Labute approximate surface area is 383 Å². The largest absolute Gasteiger partial charge is 0.491 e. The van der Waals surface area contributed by atoms with Gasteiger partial charge in [0, 0.05) is 90.4 Å². The van der Waals surface area contributed by atoms with E-state index in [1.54, 1.807) is 63.9 Å². The van der Waals surface area contributed by atoms with Crippen molar-refractivity contribution in [3.8, 4) is 40.2 Å². The summed E-state index contributed by atoms with van der Waals surface area (Å²) in [5.41, 5.74) is 1.45. The molecule has 0 bridgehead atoms. The topological polar surface area (TPSA) is 177 Å².